The number of benzene rings is 1. The van der Waals surface area contributed by atoms with Gasteiger partial charge in [-0.25, -0.2) is 0 Å². The van der Waals surface area contributed by atoms with Crippen LogP contribution in [0.2, 0.25) is 0 Å². The molecule has 1 aromatic carbocycles. The van der Waals surface area contributed by atoms with Crippen molar-refractivity contribution >= 4 is 17.9 Å². The molecule has 1 saturated heterocycles. The number of nitrogens with one attached hydrogen (secondary N) is 1. The molecule has 1 atom stereocenters. The van der Waals surface area contributed by atoms with Gasteiger partial charge < -0.3 is 10.2 Å². The largest absolute Gasteiger partial charge is 0.351 e. The molecular formula is C21H23N3O2. The van der Waals surface area contributed by atoms with Crippen LogP contribution in [0.4, 0.5) is 0 Å². The molecule has 1 aliphatic heterocycles. The van der Waals surface area contributed by atoms with Crippen molar-refractivity contribution in [3.05, 3.63) is 71.6 Å². The minimum Gasteiger partial charge on any atom is -0.351 e. The average Bonchev–Trinajstić information content (AvgIpc) is 3.15. The summed E-state index contributed by atoms with van der Waals surface area (Å²) in [7, 11) is 0. The molecule has 0 radical (unpaired) electrons. The first kappa shape index (κ1) is 17.9. The summed E-state index contributed by atoms with van der Waals surface area (Å²) in [6, 6.07) is 13.8. The second-order valence-corrected chi connectivity index (χ2v) is 6.42. The number of carbonyl (C=O) groups excluding carboxylic acids is 2. The summed E-state index contributed by atoms with van der Waals surface area (Å²) in [5, 5.41) is 2.76. The van der Waals surface area contributed by atoms with Crippen LogP contribution >= 0.6 is 0 Å². The highest BCUT2D eigenvalue weighted by molar-refractivity contribution is 5.92. The van der Waals surface area contributed by atoms with Gasteiger partial charge in [0.25, 0.3) is 0 Å². The number of amides is 2. The van der Waals surface area contributed by atoms with Gasteiger partial charge >= 0.3 is 0 Å². The number of hydrogen-bond donors (Lipinski definition) is 1. The van der Waals surface area contributed by atoms with Crippen LogP contribution in [0.5, 0.6) is 0 Å². The van der Waals surface area contributed by atoms with Crippen LogP contribution in [-0.4, -0.2) is 28.2 Å². The summed E-state index contributed by atoms with van der Waals surface area (Å²) in [6.07, 6.45) is 7.17. The Morgan fingerprint density at radius 3 is 2.85 bits per heavy atom. The van der Waals surface area contributed by atoms with Crippen molar-refractivity contribution in [2.45, 2.75) is 32.4 Å². The number of rotatable bonds is 5. The van der Waals surface area contributed by atoms with Crippen LogP contribution in [-0.2, 0) is 16.1 Å². The van der Waals surface area contributed by atoms with E-state index < -0.39 is 0 Å². The number of pyridine rings is 1. The van der Waals surface area contributed by atoms with Crippen molar-refractivity contribution in [1.29, 1.82) is 0 Å². The van der Waals surface area contributed by atoms with Gasteiger partial charge in [0.1, 0.15) is 0 Å². The Hall–Kier alpha value is -2.95. The van der Waals surface area contributed by atoms with E-state index in [9.17, 15) is 9.59 Å². The summed E-state index contributed by atoms with van der Waals surface area (Å²) in [5.74, 6) is -0.0579. The SMILES string of the molecule is CC(=O)NCc1cc(C2CCCN2C(=O)/C=C/c2ccccc2)ccn1. The van der Waals surface area contributed by atoms with E-state index in [1.165, 1.54) is 6.92 Å². The maximum absolute atomic E-state index is 12.7. The lowest BCUT2D eigenvalue weighted by atomic mass is 10.0. The number of hydrogen-bond acceptors (Lipinski definition) is 3. The summed E-state index contributed by atoms with van der Waals surface area (Å²) < 4.78 is 0. The van der Waals surface area contributed by atoms with E-state index in [1.54, 1.807) is 12.3 Å². The van der Waals surface area contributed by atoms with Crippen LogP contribution in [0.25, 0.3) is 6.08 Å². The van der Waals surface area contributed by atoms with E-state index in [0.29, 0.717) is 6.54 Å². The zero-order chi connectivity index (χ0) is 18.4. The Morgan fingerprint density at radius 2 is 2.08 bits per heavy atom. The molecule has 0 saturated carbocycles. The normalized spacial score (nSPS) is 16.8. The standard InChI is InChI=1S/C21H23N3O2/c1-16(25)23-15-19-14-18(11-12-22-19)20-8-5-13-24(20)21(26)10-9-17-6-3-2-4-7-17/h2-4,6-7,9-12,14,20H,5,8,13,15H2,1H3,(H,23,25)/b10-9+. The second kappa shape index (κ2) is 8.43. The molecule has 3 rings (SSSR count). The third-order valence-corrected chi connectivity index (χ3v) is 4.50. The Labute approximate surface area is 153 Å². The van der Waals surface area contributed by atoms with Gasteiger partial charge in [0.05, 0.1) is 18.3 Å². The molecule has 5 nitrogen and oxygen atoms in total. The quantitative estimate of drug-likeness (QED) is 0.844. The lowest BCUT2D eigenvalue weighted by molar-refractivity contribution is -0.126. The molecule has 1 N–H and O–H groups in total. The number of aromatic nitrogens is 1. The molecule has 2 amide bonds. The van der Waals surface area contributed by atoms with E-state index in [1.807, 2.05) is 53.4 Å². The summed E-state index contributed by atoms with van der Waals surface area (Å²) in [4.78, 5) is 30.0. The molecule has 26 heavy (non-hydrogen) atoms. The maximum atomic E-state index is 12.7. The van der Waals surface area contributed by atoms with Gasteiger partial charge in [0.15, 0.2) is 0 Å². The average molecular weight is 349 g/mol. The predicted octanol–water partition coefficient (Wildman–Crippen LogP) is 3.09. The lowest BCUT2D eigenvalue weighted by Crippen LogP contribution is -2.29. The van der Waals surface area contributed by atoms with Gasteiger partial charge in [-0.3, -0.25) is 14.6 Å². The summed E-state index contributed by atoms with van der Waals surface area (Å²) in [6.45, 7) is 2.64. The van der Waals surface area contributed by atoms with Gasteiger partial charge in [-0.15, -0.1) is 0 Å². The topological polar surface area (TPSA) is 62.3 Å². The minimum absolute atomic E-state index is 0.0246. The molecule has 0 spiro atoms. The Kier molecular flexibility index (Phi) is 5.79. The Balaban J connectivity index is 1.71. The van der Waals surface area contributed by atoms with Gasteiger partial charge in [-0.1, -0.05) is 30.3 Å². The van der Waals surface area contributed by atoms with Crippen LogP contribution < -0.4 is 5.32 Å². The van der Waals surface area contributed by atoms with E-state index in [-0.39, 0.29) is 17.9 Å². The summed E-state index contributed by atoms with van der Waals surface area (Å²) >= 11 is 0. The highest BCUT2D eigenvalue weighted by Crippen LogP contribution is 2.32. The van der Waals surface area contributed by atoms with Gasteiger partial charge in [-0.2, -0.15) is 0 Å². The highest BCUT2D eigenvalue weighted by Gasteiger charge is 2.28. The Bertz CT molecular complexity index is 802. The third kappa shape index (κ3) is 4.57. The fraction of sp³-hybridized carbons (Fsp3) is 0.286. The second-order valence-electron chi connectivity index (χ2n) is 6.42. The van der Waals surface area contributed by atoms with Crippen LogP contribution in [0.15, 0.2) is 54.7 Å². The van der Waals surface area contributed by atoms with E-state index in [2.05, 4.69) is 10.3 Å². The van der Waals surface area contributed by atoms with Crippen molar-refractivity contribution < 1.29 is 9.59 Å². The molecular weight excluding hydrogens is 326 g/mol. The first-order valence-corrected chi connectivity index (χ1v) is 8.86. The van der Waals surface area contributed by atoms with E-state index in [4.69, 9.17) is 0 Å². The van der Waals surface area contributed by atoms with Crippen LogP contribution in [0.3, 0.4) is 0 Å². The molecule has 1 aliphatic rings. The maximum Gasteiger partial charge on any atom is 0.247 e. The van der Waals surface area contributed by atoms with E-state index in [0.717, 1.165) is 36.2 Å². The van der Waals surface area contributed by atoms with E-state index >= 15 is 0 Å². The molecule has 5 heteroatoms. The van der Waals surface area contributed by atoms with Crippen molar-refractivity contribution in [3.8, 4) is 0 Å². The van der Waals surface area contributed by atoms with Crippen molar-refractivity contribution in [3.63, 3.8) is 0 Å². The zero-order valence-corrected chi connectivity index (χ0v) is 14.9. The molecule has 1 fully saturated rings. The molecule has 1 aromatic heterocycles. The predicted molar refractivity (Wildman–Crippen MR) is 101 cm³/mol. The molecule has 1 unspecified atom stereocenters. The minimum atomic E-state index is -0.0825. The molecule has 134 valence electrons. The first-order valence-electron chi connectivity index (χ1n) is 8.86. The van der Waals surface area contributed by atoms with Gasteiger partial charge in [-0.05, 0) is 42.2 Å². The zero-order valence-electron chi connectivity index (χ0n) is 14.9. The number of likely N-dealkylation sites (tertiary alicyclic amines) is 1. The van der Waals surface area contributed by atoms with Crippen molar-refractivity contribution in [2.75, 3.05) is 6.54 Å². The fourth-order valence-corrected chi connectivity index (χ4v) is 3.22. The first-order chi connectivity index (χ1) is 12.6. The fourth-order valence-electron chi connectivity index (χ4n) is 3.22. The molecule has 2 aromatic rings. The van der Waals surface area contributed by atoms with Crippen LogP contribution in [0.1, 0.15) is 42.6 Å². The lowest BCUT2D eigenvalue weighted by Gasteiger charge is -2.24. The molecule has 2 heterocycles. The molecule has 0 aliphatic carbocycles. The van der Waals surface area contributed by atoms with Crippen LogP contribution in [0, 0.1) is 0 Å². The highest BCUT2D eigenvalue weighted by atomic mass is 16.2. The molecule has 0 bridgehead atoms. The van der Waals surface area contributed by atoms with Crippen molar-refractivity contribution in [1.82, 2.24) is 15.2 Å². The Morgan fingerprint density at radius 1 is 1.27 bits per heavy atom. The van der Waals surface area contributed by atoms with Gasteiger partial charge in [0, 0.05) is 25.7 Å². The number of nitrogens with zero attached hydrogens (tertiary/aromatic N) is 2. The monoisotopic (exact) mass is 349 g/mol. The third-order valence-electron chi connectivity index (χ3n) is 4.50. The van der Waals surface area contributed by atoms with Crippen molar-refractivity contribution in [2.24, 2.45) is 0 Å². The number of carbonyl (C=O) groups is 2. The smallest absolute Gasteiger partial charge is 0.247 e. The van der Waals surface area contributed by atoms with Gasteiger partial charge in [0.2, 0.25) is 11.8 Å². The summed E-state index contributed by atoms with van der Waals surface area (Å²) in [5.41, 5.74) is 2.88.